The summed E-state index contributed by atoms with van der Waals surface area (Å²) in [6.07, 6.45) is 7.15. The van der Waals surface area contributed by atoms with Crippen molar-refractivity contribution in [2.24, 2.45) is 0 Å². The first-order chi connectivity index (χ1) is 11.1. The Labute approximate surface area is 130 Å². The maximum atomic E-state index is 12.0. The van der Waals surface area contributed by atoms with Crippen LogP contribution in [0.15, 0.2) is 18.2 Å². The fraction of sp³-hybridized carbons (Fsp3) is 0.588. The molecule has 4 nitrogen and oxygen atoms in total. The van der Waals surface area contributed by atoms with Crippen LogP contribution in [0.5, 0.6) is 11.5 Å². The molecule has 21 heavy (non-hydrogen) atoms. The van der Waals surface area contributed by atoms with Crippen molar-refractivity contribution in [3.05, 3.63) is 23.8 Å². The summed E-state index contributed by atoms with van der Waals surface area (Å²) in [6, 6.07) is 5.02. The van der Waals surface area contributed by atoms with Gasteiger partial charge < -0.3 is 15.2 Å². The van der Waals surface area contributed by atoms with E-state index >= 15 is 0 Å². The van der Waals surface area contributed by atoms with Gasteiger partial charge in [-0.15, -0.1) is 0 Å². The molecule has 0 bridgehead atoms. The summed E-state index contributed by atoms with van der Waals surface area (Å²) >= 11 is 0. The number of amides is 1. The van der Waals surface area contributed by atoms with Crippen molar-refractivity contribution in [2.75, 3.05) is 7.11 Å². The van der Waals surface area contributed by atoms with Crippen molar-refractivity contribution in [1.29, 1.82) is 1.43 Å². The van der Waals surface area contributed by atoms with Crippen molar-refractivity contribution in [1.82, 2.24) is 5.31 Å². The molecule has 0 atom stereocenters. The van der Waals surface area contributed by atoms with E-state index in [0.717, 1.165) is 30.1 Å². The highest BCUT2D eigenvalue weighted by Gasteiger charge is 2.05. The molecule has 0 heterocycles. The number of phenols is 1. The first-order valence-corrected chi connectivity index (χ1v) is 7.71. The Morgan fingerprint density at radius 3 is 2.81 bits per heavy atom. The molecule has 0 saturated carbocycles. The molecule has 1 rings (SSSR count). The first-order valence-electron chi connectivity index (χ1n) is 8.57. The number of ether oxygens (including phenoxy) is 1. The minimum atomic E-state index is -0.166. The standard InChI is InChI=1S/C17H27NO3/c1-3-4-5-6-7-8-9-17(20)18-13-14-10-11-15(19)16(12-14)21-2/h10-12,19H,3-9,13H2,1-2H3,(H,18,20)/i/hD2. The Kier molecular flexibility index (Phi) is 6.83. The third-order valence-electron chi connectivity index (χ3n) is 3.41. The highest BCUT2D eigenvalue weighted by atomic mass is 16.5. The number of hydrogen-bond donors (Lipinski definition) is 2. The van der Waals surface area contributed by atoms with Crippen molar-refractivity contribution < 1.29 is 16.1 Å². The van der Waals surface area contributed by atoms with Gasteiger partial charge in [0.25, 0.3) is 1.43 Å². The van der Waals surface area contributed by atoms with E-state index in [2.05, 4.69) is 12.0 Å². The molecular formula is C17H27NO3. The largest absolute Gasteiger partial charge is 0.504 e. The van der Waals surface area contributed by atoms with Crippen LogP contribution in [-0.4, -0.2) is 19.6 Å². The molecule has 0 aromatic heterocycles. The Balaban J connectivity index is 2.39. The number of carbonyl (C=O) groups is 1. The second-order valence-corrected chi connectivity index (χ2v) is 5.21. The van der Waals surface area contributed by atoms with Gasteiger partial charge in [-0.2, -0.15) is 0 Å². The zero-order valence-electron chi connectivity index (χ0n) is 15.1. The Morgan fingerprint density at radius 2 is 2.10 bits per heavy atom. The normalized spacial score (nSPS) is 11.5. The summed E-state index contributed by atoms with van der Waals surface area (Å²) in [5.74, 6) is 0.570. The third-order valence-corrected chi connectivity index (χ3v) is 3.41. The van der Waals surface area contributed by atoms with Crippen molar-refractivity contribution in [2.45, 2.75) is 58.4 Å². The molecule has 1 amide bonds. The molecule has 118 valence electrons. The van der Waals surface area contributed by atoms with Crippen LogP contribution in [0.4, 0.5) is 0 Å². The van der Waals surface area contributed by atoms with Crippen molar-refractivity contribution >= 4 is 5.91 Å². The quantitative estimate of drug-likeness (QED) is 0.611. The number of aromatic hydroxyl groups is 1. The summed E-state index contributed by atoms with van der Waals surface area (Å²) < 4.78 is 19.9. The molecule has 4 heteroatoms. The minimum absolute atomic E-state index is 0.166. The highest BCUT2D eigenvalue weighted by Crippen LogP contribution is 2.26. The molecule has 0 fully saturated rings. The number of phenolic OH excluding ortho intramolecular Hbond substituents is 1. The fourth-order valence-electron chi connectivity index (χ4n) is 2.13. The van der Waals surface area contributed by atoms with Crippen LogP contribution in [0.1, 0.15) is 57.4 Å². The average molecular weight is 295 g/mol. The Morgan fingerprint density at radius 1 is 1.33 bits per heavy atom. The van der Waals surface area contributed by atoms with E-state index in [1.807, 2.05) is 0 Å². The molecular weight excluding hydrogens is 266 g/mol. The lowest BCUT2D eigenvalue weighted by Crippen LogP contribution is -2.22. The number of unbranched alkanes of at least 4 members (excludes halogenated alkanes) is 5. The van der Waals surface area contributed by atoms with Crippen LogP contribution in [0.2, 0.25) is 1.41 Å². The van der Waals surface area contributed by atoms with E-state index in [-0.39, 0.29) is 12.5 Å². The molecule has 1 aromatic rings. The predicted octanol–water partition coefficient (Wildman–Crippen LogP) is 3.77. The summed E-state index contributed by atoms with van der Waals surface area (Å²) in [5.41, 5.74) is 0.772. The predicted molar refractivity (Wildman–Crippen MR) is 84.5 cm³/mol. The molecule has 0 radical (unpaired) electrons. The van der Waals surface area contributed by atoms with Gasteiger partial charge in [-0.25, -0.2) is 0 Å². The lowest BCUT2D eigenvalue weighted by atomic mass is 10.1. The second-order valence-electron chi connectivity index (χ2n) is 5.21. The zero-order valence-corrected chi connectivity index (χ0v) is 13.1. The molecule has 0 aliphatic heterocycles. The molecule has 0 unspecified atom stereocenters. The summed E-state index contributed by atoms with van der Waals surface area (Å²) in [6.45, 7) is 2.38. The molecule has 0 saturated heterocycles. The second kappa shape index (κ2) is 10.1. The minimum Gasteiger partial charge on any atom is -0.504 e. The van der Waals surface area contributed by atoms with Crippen molar-refractivity contribution in [3.8, 4) is 11.5 Å². The van der Waals surface area contributed by atoms with Gasteiger partial charge >= 0.3 is 0 Å². The van der Waals surface area contributed by atoms with E-state index in [1.165, 1.54) is 26.4 Å². The van der Waals surface area contributed by atoms with Crippen LogP contribution >= 0.6 is 0 Å². The maximum Gasteiger partial charge on any atom is 0.293 e. The number of rotatable bonds is 11. The number of carbonyl (C=O) groups excluding carboxylic acids is 1. The van der Waals surface area contributed by atoms with Crippen LogP contribution in [0.25, 0.3) is 0 Å². The van der Waals surface area contributed by atoms with Crippen LogP contribution in [0.3, 0.4) is 0 Å². The monoisotopic (exact) mass is 295 g/mol. The fourth-order valence-corrected chi connectivity index (χ4v) is 2.13. The van der Waals surface area contributed by atoms with Gasteiger partial charge in [-0.3, -0.25) is 4.79 Å². The van der Waals surface area contributed by atoms with E-state index in [4.69, 9.17) is 7.58 Å². The van der Waals surface area contributed by atoms with Gasteiger partial charge in [0.15, 0.2) is 12.9 Å². The molecule has 0 spiro atoms. The number of nitrogens with one attached hydrogen (secondary N) is 1. The summed E-state index contributed by atoms with van der Waals surface area (Å²) in [5, 5.41) is 5.42. The van der Waals surface area contributed by atoms with Gasteiger partial charge in [-0.05, 0) is 24.1 Å². The Bertz CT molecular complexity index is 483. The van der Waals surface area contributed by atoms with Gasteiger partial charge in [0.2, 0.25) is 5.91 Å². The summed E-state index contributed by atoms with van der Waals surface area (Å²) in [4.78, 5) is 12.0. The first kappa shape index (κ1) is 14.2. The number of hydrogen-bond acceptors (Lipinski definition) is 3. The molecule has 2 N–H and O–H groups in total. The lowest BCUT2D eigenvalue weighted by Gasteiger charge is -2.08. The van der Waals surface area contributed by atoms with Crippen LogP contribution < -0.4 is 10.0 Å². The van der Waals surface area contributed by atoms with E-state index in [9.17, 15) is 4.79 Å². The zero-order chi connectivity index (χ0) is 17.1. The molecule has 1 aromatic carbocycles. The van der Waals surface area contributed by atoms with Gasteiger partial charge in [0.1, 0.15) is 0 Å². The maximum absolute atomic E-state index is 12.0. The average Bonchev–Trinajstić information content (AvgIpc) is 2.57. The molecule has 0 aliphatic rings. The smallest absolute Gasteiger partial charge is 0.293 e. The topological polar surface area (TPSA) is 58.6 Å². The summed E-state index contributed by atoms with van der Waals surface area (Å²) in [7, 11) is 1.49. The number of methoxy groups -OCH3 is 1. The van der Waals surface area contributed by atoms with Crippen LogP contribution in [-0.2, 0) is 11.3 Å². The SMILES string of the molecule is [2H]Oc1ccc(CN([2H])C(=O)CCCCCCCC)cc1OC. The molecule has 0 aliphatic carbocycles. The van der Waals surface area contributed by atoms with E-state index in [0.29, 0.717) is 17.9 Å². The van der Waals surface area contributed by atoms with Gasteiger partial charge in [-0.1, -0.05) is 45.1 Å². The third kappa shape index (κ3) is 7.02. The highest BCUT2D eigenvalue weighted by molar-refractivity contribution is 5.75. The van der Waals surface area contributed by atoms with Gasteiger partial charge in [0.05, 0.1) is 7.11 Å². The van der Waals surface area contributed by atoms with E-state index in [1.54, 1.807) is 18.2 Å². The van der Waals surface area contributed by atoms with Crippen LogP contribution in [0, 0.1) is 0 Å². The number of benzene rings is 1. The Hall–Kier alpha value is -1.71. The lowest BCUT2D eigenvalue weighted by molar-refractivity contribution is -0.121. The van der Waals surface area contributed by atoms with Crippen molar-refractivity contribution in [3.63, 3.8) is 0 Å². The van der Waals surface area contributed by atoms with Gasteiger partial charge in [0, 0.05) is 13.0 Å². The van der Waals surface area contributed by atoms with E-state index < -0.39 is 0 Å².